The number of anilines is 1. The largest absolute Gasteiger partial charge is 0.492 e. The fraction of sp³-hybridized carbons (Fsp3) is 0.250. The van der Waals surface area contributed by atoms with Crippen molar-refractivity contribution in [2.24, 2.45) is 0 Å². The van der Waals surface area contributed by atoms with Crippen molar-refractivity contribution < 1.29 is 22.0 Å². The Labute approximate surface area is 121 Å². The third-order valence-electron chi connectivity index (χ3n) is 2.64. The van der Waals surface area contributed by atoms with Gasteiger partial charge in [-0.3, -0.25) is 0 Å². The number of ether oxygens (including phenoxy) is 1. The quantitative estimate of drug-likeness (QED) is 0.803. The van der Waals surface area contributed by atoms with E-state index < -0.39 is 15.8 Å². The van der Waals surface area contributed by atoms with Crippen molar-refractivity contribution in [2.75, 3.05) is 12.8 Å². The topological polar surface area (TPSA) is 107 Å². The summed E-state index contributed by atoms with van der Waals surface area (Å²) in [5.74, 6) is -0.288. The van der Waals surface area contributed by atoms with E-state index in [1.54, 1.807) is 6.92 Å². The number of nitrogens with zero attached hydrogens (tertiary/aromatic N) is 1. The lowest BCUT2D eigenvalue weighted by atomic mass is 10.3. The van der Waals surface area contributed by atoms with Crippen LogP contribution in [0.25, 0.3) is 0 Å². The number of halogens is 1. The molecule has 0 radical (unpaired) electrons. The Balaban J connectivity index is 2.23. The van der Waals surface area contributed by atoms with Crippen LogP contribution in [0.3, 0.4) is 0 Å². The zero-order chi connectivity index (χ0) is 15.6. The van der Waals surface area contributed by atoms with Crippen LogP contribution in [0.4, 0.5) is 10.1 Å². The minimum absolute atomic E-state index is 0.107. The molecule has 1 aromatic carbocycles. The highest BCUT2D eigenvalue weighted by Gasteiger charge is 2.19. The second kappa shape index (κ2) is 5.70. The molecule has 21 heavy (non-hydrogen) atoms. The summed E-state index contributed by atoms with van der Waals surface area (Å²) < 4.78 is 50.0. The molecule has 2 aromatic rings. The van der Waals surface area contributed by atoms with E-state index in [9.17, 15) is 12.8 Å². The zero-order valence-corrected chi connectivity index (χ0v) is 12.2. The van der Waals surface area contributed by atoms with Gasteiger partial charge in [0.1, 0.15) is 5.76 Å². The molecule has 0 atom stereocenters. The molecule has 0 unspecified atom stereocenters. The van der Waals surface area contributed by atoms with Crippen LogP contribution in [0.2, 0.25) is 0 Å². The maximum Gasteiger partial charge on any atom is 0.241 e. The molecule has 2 rings (SSSR count). The van der Waals surface area contributed by atoms with E-state index in [1.807, 2.05) is 0 Å². The molecular weight excluding hydrogens is 301 g/mol. The van der Waals surface area contributed by atoms with Crippen LogP contribution < -0.4 is 15.2 Å². The molecule has 0 bridgehead atoms. The van der Waals surface area contributed by atoms with Crippen LogP contribution in [-0.2, 0) is 16.6 Å². The molecule has 0 spiro atoms. The number of oxazole rings is 1. The summed E-state index contributed by atoms with van der Waals surface area (Å²) in [6, 6.07) is 1.95. The van der Waals surface area contributed by atoms with E-state index in [4.69, 9.17) is 14.9 Å². The van der Waals surface area contributed by atoms with Gasteiger partial charge >= 0.3 is 0 Å². The van der Waals surface area contributed by atoms with Crippen molar-refractivity contribution >= 4 is 15.7 Å². The lowest BCUT2D eigenvalue weighted by molar-refractivity contribution is 0.388. The Hall–Kier alpha value is -2.13. The first-order valence-electron chi connectivity index (χ1n) is 5.87. The minimum atomic E-state index is -3.94. The van der Waals surface area contributed by atoms with Gasteiger partial charge < -0.3 is 14.9 Å². The SMILES string of the molecule is COc1c(N)cc(S(=O)(=O)NCc2ncc(C)o2)cc1F. The Morgan fingerprint density at radius 2 is 2.19 bits per heavy atom. The van der Waals surface area contributed by atoms with Gasteiger partial charge in [0.2, 0.25) is 15.9 Å². The van der Waals surface area contributed by atoms with Crippen molar-refractivity contribution in [1.29, 1.82) is 0 Å². The highest BCUT2D eigenvalue weighted by atomic mass is 32.2. The van der Waals surface area contributed by atoms with Gasteiger partial charge in [-0.15, -0.1) is 0 Å². The highest BCUT2D eigenvalue weighted by molar-refractivity contribution is 7.89. The van der Waals surface area contributed by atoms with E-state index in [0.717, 1.165) is 12.1 Å². The van der Waals surface area contributed by atoms with Crippen LogP contribution in [0.15, 0.2) is 27.6 Å². The first kappa shape index (κ1) is 15.3. The number of hydrogen-bond acceptors (Lipinski definition) is 6. The van der Waals surface area contributed by atoms with Gasteiger partial charge in [-0.05, 0) is 19.1 Å². The smallest absolute Gasteiger partial charge is 0.241 e. The summed E-state index contributed by atoms with van der Waals surface area (Å²) in [6.07, 6.45) is 1.47. The number of sulfonamides is 1. The van der Waals surface area contributed by atoms with E-state index >= 15 is 0 Å². The number of aromatic nitrogens is 1. The molecule has 1 heterocycles. The number of nitrogens with two attached hydrogens (primary N) is 1. The average molecular weight is 315 g/mol. The van der Waals surface area contributed by atoms with Gasteiger partial charge in [-0.1, -0.05) is 0 Å². The molecule has 0 saturated heterocycles. The Kier molecular flexibility index (Phi) is 4.14. The fourth-order valence-corrected chi connectivity index (χ4v) is 2.70. The second-order valence-corrected chi connectivity index (χ2v) is 5.98. The number of nitrogen functional groups attached to an aromatic ring is 1. The summed E-state index contributed by atoms with van der Waals surface area (Å²) >= 11 is 0. The number of methoxy groups -OCH3 is 1. The Bertz CT molecular complexity index is 735. The molecule has 0 aliphatic carbocycles. The summed E-state index contributed by atoms with van der Waals surface area (Å²) in [5.41, 5.74) is 5.45. The van der Waals surface area contributed by atoms with Crippen LogP contribution >= 0.6 is 0 Å². The van der Waals surface area contributed by atoms with Crippen molar-refractivity contribution in [2.45, 2.75) is 18.4 Å². The van der Waals surface area contributed by atoms with Crippen molar-refractivity contribution in [3.63, 3.8) is 0 Å². The summed E-state index contributed by atoms with van der Waals surface area (Å²) in [4.78, 5) is 3.56. The molecular formula is C12H14FN3O4S. The number of aryl methyl sites for hydroxylation is 1. The molecule has 9 heteroatoms. The molecule has 0 aliphatic heterocycles. The van der Waals surface area contributed by atoms with E-state index in [2.05, 4.69) is 9.71 Å². The van der Waals surface area contributed by atoms with Crippen LogP contribution in [0, 0.1) is 12.7 Å². The van der Waals surface area contributed by atoms with Crippen LogP contribution in [0.1, 0.15) is 11.7 Å². The van der Waals surface area contributed by atoms with E-state index in [0.29, 0.717) is 5.76 Å². The van der Waals surface area contributed by atoms with Crippen molar-refractivity contribution in [3.05, 3.63) is 35.8 Å². The first-order chi connectivity index (χ1) is 9.83. The predicted molar refractivity (Wildman–Crippen MR) is 72.6 cm³/mol. The first-order valence-corrected chi connectivity index (χ1v) is 7.36. The predicted octanol–water partition coefficient (Wildman–Crippen LogP) is 1.19. The molecule has 3 N–H and O–H groups in total. The number of rotatable bonds is 5. The third-order valence-corrected chi connectivity index (χ3v) is 4.02. The zero-order valence-electron chi connectivity index (χ0n) is 11.4. The number of nitrogens with one attached hydrogen (secondary N) is 1. The lowest BCUT2D eigenvalue weighted by Crippen LogP contribution is -2.23. The van der Waals surface area contributed by atoms with Gasteiger partial charge in [0.25, 0.3) is 0 Å². The maximum absolute atomic E-state index is 13.7. The standard InChI is InChI=1S/C12H14FN3O4S/c1-7-5-15-11(20-7)6-16-21(17,18)8-3-9(13)12(19-2)10(14)4-8/h3-5,16H,6,14H2,1-2H3. The van der Waals surface area contributed by atoms with Gasteiger partial charge in [-0.25, -0.2) is 22.5 Å². The Morgan fingerprint density at radius 3 is 2.71 bits per heavy atom. The monoisotopic (exact) mass is 315 g/mol. The molecule has 0 amide bonds. The summed E-state index contributed by atoms with van der Waals surface area (Å²) in [7, 11) is -2.70. The summed E-state index contributed by atoms with van der Waals surface area (Å²) in [6.45, 7) is 1.54. The van der Waals surface area contributed by atoms with Gasteiger partial charge in [0.15, 0.2) is 11.6 Å². The van der Waals surface area contributed by atoms with E-state index in [1.165, 1.54) is 13.3 Å². The minimum Gasteiger partial charge on any atom is -0.492 e. The highest BCUT2D eigenvalue weighted by Crippen LogP contribution is 2.28. The number of hydrogen-bond donors (Lipinski definition) is 2. The van der Waals surface area contributed by atoms with Crippen LogP contribution in [-0.4, -0.2) is 20.5 Å². The maximum atomic E-state index is 13.7. The van der Waals surface area contributed by atoms with E-state index in [-0.39, 0.29) is 28.8 Å². The van der Waals surface area contributed by atoms with Crippen molar-refractivity contribution in [3.8, 4) is 5.75 Å². The van der Waals surface area contributed by atoms with Gasteiger partial charge in [-0.2, -0.15) is 0 Å². The third kappa shape index (κ3) is 3.31. The molecule has 0 aliphatic rings. The Morgan fingerprint density at radius 1 is 1.48 bits per heavy atom. The normalized spacial score (nSPS) is 11.6. The van der Waals surface area contributed by atoms with Crippen LogP contribution in [0.5, 0.6) is 5.75 Å². The van der Waals surface area contributed by atoms with Gasteiger partial charge in [0, 0.05) is 0 Å². The van der Waals surface area contributed by atoms with Gasteiger partial charge in [0.05, 0.1) is 30.4 Å². The molecule has 7 nitrogen and oxygen atoms in total. The second-order valence-electron chi connectivity index (χ2n) is 4.22. The molecule has 0 fully saturated rings. The fourth-order valence-electron chi connectivity index (χ4n) is 1.68. The molecule has 1 aromatic heterocycles. The number of benzene rings is 1. The lowest BCUT2D eigenvalue weighted by Gasteiger charge is -2.09. The molecule has 0 saturated carbocycles. The average Bonchev–Trinajstić information content (AvgIpc) is 2.82. The molecule has 114 valence electrons. The van der Waals surface area contributed by atoms with Crippen molar-refractivity contribution in [1.82, 2.24) is 9.71 Å². The summed E-state index contributed by atoms with van der Waals surface area (Å²) in [5, 5.41) is 0.